The van der Waals surface area contributed by atoms with E-state index in [1.54, 1.807) is 25.1 Å². The van der Waals surface area contributed by atoms with Crippen LogP contribution >= 0.6 is 11.6 Å². The molecule has 0 unspecified atom stereocenters. The third-order valence-electron chi connectivity index (χ3n) is 2.84. The molecule has 5 heteroatoms. The van der Waals surface area contributed by atoms with Crippen molar-refractivity contribution in [1.82, 2.24) is 5.32 Å². The van der Waals surface area contributed by atoms with Gasteiger partial charge in [-0.2, -0.15) is 0 Å². The first-order valence-corrected chi connectivity index (χ1v) is 7.15. The first kappa shape index (κ1) is 16.8. The number of benzene rings is 1. The lowest BCUT2D eigenvalue weighted by Gasteiger charge is -2.11. The predicted octanol–water partition coefficient (Wildman–Crippen LogP) is 2.93. The van der Waals surface area contributed by atoms with Gasteiger partial charge in [0.15, 0.2) is 6.61 Å². The number of carbonyl (C=O) groups excluding carboxylic acids is 1. The summed E-state index contributed by atoms with van der Waals surface area (Å²) in [6.07, 6.45) is 0.358. The number of amides is 1. The fourth-order valence-electron chi connectivity index (χ4n) is 1.59. The van der Waals surface area contributed by atoms with E-state index in [9.17, 15) is 9.90 Å². The number of rotatable bonds is 7. The number of aliphatic hydroxyl groups excluding tert-OH is 1. The van der Waals surface area contributed by atoms with Crippen molar-refractivity contribution in [3.8, 4) is 5.75 Å². The van der Waals surface area contributed by atoms with Crippen molar-refractivity contribution in [2.24, 2.45) is 5.92 Å². The van der Waals surface area contributed by atoms with Crippen LogP contribution in [-0.2, 0) is 4.79 Å². The Labute approximate surface area is 125 Å². The molecule has 20 heavy (non-hydrogen) atoms. The summed E-state index contributed by atoms with van der Waals surface area (Å²) in [7, 11) is 0. The molecule has 0 aliphatic rings. The van der Waals surface area contributed by atoms with E-state index in [1.807, 2.05) is 0 Å². The fraction of sp³-hybridized carbons (Fsp3) is 0.533. The normalized spacial score (nSPS) is 12.3. The molecule has 0 saturated heterocycles. The summed E-state index contributed by atoms with van der Waals surface area (Å²) in [5.74, 6) is 0.829. The average molecular weight is 300 g/mol. The van der Waals surface area contributed by atoms with Gasteiger partial charge in [0.25, 0.3) is 5.91 Å². The molecular formula is C15H22ClNO3. The summed E-state index contributed by atoms with van der Waals surface area (Å²) in [4.78, 5) is 11.6. The van der Waals surface area contributed by atoms with Crippen molar-refractivity contribution in [2.45, 2.75) is 33.3 Å². The maximum Gasteiger partial charge on any atom is 0.257 e. The van der Waals surface area contributed by atoms with Crippen LogP contribution in [-0.4, -0.2) is 24.2 Å². The van der Waals surface area contributed by atoms with E-state index >= 15 is 0 Å². The van der Waals surface area contributed by atoms with Crippen LogP contribution < -0.4 is 10.1 Å². The second-order valence-electron chi connectivity index (χ2n) is 5.19. The summed E-state index contributed by atoms with van der Waals surface area (Å²) in [5, 5.41) is 12.6. The van der Waals surface area contributed by atoms with E-state index in [0.717, 1.165) is 6.42 Å². The third-order valence-corrected chi connectivity index (χ3v) is 3.14. The summed E-state index contributed by atoms with van der Waals surface area (Å²) in [6.45, 7) is 6.45. The van der Waals surface area contributed by atoms with Crippen molar-refractivity contribution >= 4 is 17.5 Å². The van der Waals surface area contributed by atoms with E-state index in [1.165, 1.54) is 0 Å². The molecule has 1 aromatic carbocycles. The molecule has 0 heterocycles. The molecule has 1 amide bonds. The highest BCUT2D eigenvalue weighted by Crippen LogP contribution is 2.27. The number of hydrogen-bond acceptors (Lipinski definition) is 3. The molecule has 1 aromatic rings. The molecule has 0 fully saturated rings. The number of carbonyl (C=O) groups is 1. The van der Waals surface area contributed by atoms with Crippen LogP contribution in [0.1, 0.15) is 38.9 Å². The minimum atomic E-state index is -0.583. The van der Waals surface area contributed by atoms with Crippen molar-refractivity contribution in [3.05, 3.63) is 28.8 Å². The number of hydrogen-bond donors (Lipinski definition) is 2. The third kappa shape index (κ3) is 5.80. The minimum absolute atomic E-state index is 0.0637. The zero-order chi connectivity index (χ0) is 15.1. The summed E-state index contributed by atoms with van der Waals surface area (Å²) in [6, 6.07) is 5.02. The van der Waals surface area contributed by atoms with Gasteiger partial charge in [0, 0.05) is 6.54 Å². The van der Waals surface area contributed by atoms with Crippen molar-refractivity contribution in [1.29, 1.82) is 0 Å². The lowest BCUT2D eigenvalue weighted by Crippen LogP contribution is -2.30. The first-order chi connectivity index (χ1) is 9.40. The Morgan fingerprint density at radius 2 is 2.10 bits per heavy atom. The van der Waals surface area contributed by atoms with Gasteiger partial charge in [0.2, 0.25) is 0 Å². The molecule has 2 N–H and O–H groups in total. The van der Waals surface area contributed by atoms with Gasteiger partial charge in [-0.3, -0.25) is 4.79 Å². The van der Waals surface area contributed by atoms with Gasteiger partial charge in [0.05, 0.1) is 11.1 Å². The smallest absolute Gasteiger partial charge is 0.257 e. The van der Waals surface area contributed by atoms with Crippen LogP contribution in [0, 0.1) is 5.92 Å². The molecular weight excluding hydrogens is 278 g/mol. The van der Waals surface area contributed by atoms with Gasteiger partial charge in [-0.25, -0.2) is 0 Å². The van der Waals surface area contributed by atoms with Crippen molar-refractivity contribution in [3.63, 3.8) is 0 Å². The predicted molar refractivity (Wildman–Crippen MR) is 80.0 cm³/mol. The maximum atomic E-state index is 11.6. The largest absolute Gasteiger partial charge is 0.482 e. The quantitative estimate of drug-likeness (QED) is 0.814. The second kappa shape index (κ2) is 8.12. The zero-order valence-corrected chi connectivity index (χ0v) is 12.9. The molecule has 0 saturated carbocycles. The number of ether oxygens (including phenoxy) is 1. The minimum Gasteiger partial charge on any atom is -0.482 e. The highest BCUT2D eigenvalue weighted by molar-refractivity contribution is 6.32. The van der Waals surface area contributed by atoms with Crippen LogP contribution in [0.15, 0.2) is 18.2 Å². The maximum absolute atomic E-state index is 11.6. The van der Waals surface area contributed by atoms with E-state index in [-0.39, 0.29) is 12.5 Å². The molecule has 0 bridgehead atoms. The summed E-state index contributed by atoms with van der Waals surface area (Å²) >= 11 is 6.04. The topological polar surface area (TPSA) is 58.6 Å². The van der Waals surface area contributed by atoms with Gasteiger partial charge in [-0.1, -0.05) is 31.5 Å². The highest BCUT2D eigenvalue weighted by atomic mass is 35.5. The summed E-state index contributed by atoms with van der Waals surface area (Å²) < 4.78 is 5.37. The van der Waals surface area contributed by atoms with E-state index in [0.29, 0.717) is 28.8 Å². The molecule has 0 aromatic heterocycles. The van der Waals surface area contributed by atoms with Crippen molar-refractivity contribution in [2.75, 3.05) is 13.2 Å². The Kier molecular flexibility index (Phi) is 6.82. The highest BCUT2D eigenvalue weighted by Gasteiger charge is 2.08. The number of aliphatic hydroxyl groups is 1. The SMILES string of the molecule is CC(C)CCNC(=O)COc1ccc([C@H](C)O)cc1Cl. The molecule has 0 radical (unpaired) electrons. The first-order valence-electron chi connectivity index (χ1n) is 6.77. The van der Waals surface area contributed by atoms with E-state index < -0.39 is 6.10 Å². The molecule has 1 atom stereocenters. The molecule has 112 valence electrons. The summed E-state index contributed by atoms with van der Waals surface area (Å²) in [5.41, 5.74) is 0.712. The Bertz CT molecular complexity index is 447. The Balaban J connectivity index is 2.43. The van der Waals surface area contributed by atoms with Crippen LogP contribution in [0.2, 0.25) is 5.02 Å². The van der Waals surface area contributed by atoms with Crippen LogP contribution in [0.3, 0.4) is 0 Å². The monoisotopic (exact) mass is 299 g/mol. The molecule has 0 aliphatic carbocycles. The van der Waals surface area contributed by atoms with Crippen molar-refractivity contribution < 1.29 is 14.6 Å². The van der Waals surface area contributed by atoms with Gasteiger partial charge in [0.1, 0.15) is 5.75 Å². The Morgan fingerprint density at radius 3 is 2.65 bits per heavy atom. The Hall–Kier alpha value is -1.26. The molecule has 4 nitrogen and oxygen atoms in total. The average Bonchev–Trinajstić information content (AvgIpc) is 2.36. The van der Waals surface area contributed by atoms with Gasteiger partial charge >= 0.3 is 0 Å². The standard InChI is InChI=1S/C15H22ClNO3/c1-10(2)6-7-17-15(19)9-20-14-5-4-12(11(3)18)8-13(14)16/h4-5,8,10-11,18H,6-7,9H2,1-3H3,(H,17,19)/t11-/m0/s1. The second-order valence-corrected chi connectivity index (χ2v) is 5.59. The van der Waals surface area contributed by atoms with Crippen LogP contribution in [0.5, 0.6) is 5.75 Å². The zero-order valence-electron chi connectivity index (χ0n) is 12.1. The van der Waals surface area contributed by atoms with Crippen LogP contribution in [0.25, 0.3) is 0 Å². The molecule has 1 rings (SSSR count). The molecule has 0 spiro atoms. The lowest BCUT2D eigenvalue weighted by atomic mass is 10.1. The van der Waals surface area contributed by atoms with E-state index in [4.69, 9.17) is 16.3 Å². The molecule has 0 aliphatic heterocycles. The number of nitrogens with one attached hydrogen (secondary N) is 1. The van der Waals surface area contributed by atoms with E-state index in [2.05, 4.69) is 19.2 Å². The van der Waals surface area contributed by atoms with Crippen LogP contribution in [0.4, 0.5) is 0 Å². The van der Waals surface area contributed by atoms with Gasteiger partial charge in [-0.15, -0.1) is 0 Å². The van der Waals surface area contributed by atoms with Gasteiger partial charge in [-0.05, 0) is 37.0 Å². The lowest BCUT2D eigenvalue weighted by molar-refractivity contribution is -0.123. The number of halogens is 1. The fourth-order valence-corrected chi connectivity index (χ4v) is 1.83. The van der Waals surface area contributed by atoms with Gasteiger partial charge < -0.3 is 15.2 Å². The Morgan fingerprint density at radius 1 is 1.40 bits per heavy atom.